The van der Waals surface area contributed by atoms with E-state index in [1.165, 1.54) is 5.56 Å². The average Bonchev–Trinajstić information content (AvgIpc) is 3.10. The van der Waals surface area contributed by atoms with Crippen molar-refractivity contribution >= 4 is 11.6 Å². The molecule has 0 spiro atoms. The van der Waals surface area contributed by atoms with E-state index in [2.05, 4.69) is 28.5 Å². The van der Waals surface area contributed by atoms with Crippen LogP contribution in [0, 0.1) is 0 Å². The van der Waals surface area contributed by atoms with E-state index in [0.29, 0.717) is 0 Å². The highest BCUT2D eigenvalue weighted by atomic mass is 16.5. The topological polar surface area (TPSA) is 73.1 Å². The third kappa shape index (κ3) is 3.16. The van der Waals surface area contributed by atoms with Crippen LogP contribution in [0.5, 0.6) is 0 Å². The highest BCUT2D eigenvalue weighted by molar-refractivity contribution is 5.95. The molecule has 25 heavy (non-hydrogen) atoms. The van der Waals surface area contributed by atoms with Crippen LogP contribution in [-0.4, -0.2) is 45.4 Å². The summed E-state index contributed by atoms with van der Waals surface area (Å²) in [6.07, 6.45) is 3.79. The third-order valence-electron chi connectivity index (χ3n) is 5.22. The Labute approximate surface area is 147 Å². The summed E-state index contributed by atoms with van der Waals surface area (Å²) in [6, 6.07) is 8.34. The van der Waals surface area contributed by atoms with Gasteiger partial charge in [-0.1, -0.05) is 18.2 Å². The summed E-state index contributed by atoms with van der Waals surface area (Å²) in [5.74, 6) is 1.11. The fourth-order valence-corrected chi connectivity index (χ4v) is 3.84. The first kappa shape index (κ1) is 16.2. The van der Waals surface area contributed by atoms with Crippen LogP contribution in [0.15, 0.2) is 24.3 Å². The lowest BCUT2D eigenvalue weighted by Gasteiger charge is -2.35. The van der Waals surface area contributed by atoms with Gasteiger partial charge in [-0.05, 0) is 54.7 Å². The molecule has 1 aromatic heterocycles. The van der Waals surface area contributed by atoms with Crippen molar-refractivity contribution in [1.82, 2.24) is 20.2 Å². The van der Waals surface area contributed by atoms with Crippen LogP contribution in [-0.2, 0) is 22.5 Å². The number of tetrazole rings is 1. The summed E-state index contributed by atoms with van der Waals surface area (Å²) in [5.41, 5.74) is 2.25. The summed E-state index contributed by atoms with van der Waals surface area (Å²) >= 11 is 0. The van der Waals surface area contributed by atoms with Gasteiger partial charge in [0.15, 0.2) is 5.82 Å². The highest BCUT2D eigenvalue weighted by Gasteiger charge is 2.30. The molecule has 3 heterocycles. The van der Waals surface area contributed by atoms with E-state index in [0.717, 1.165) is 50.4 Å². The van der Waals surface area contributed by atoms with Crippen molar-refractivity contribution in [3.63, 3.8) is 0 Å². The number of aryl methyl sites for hydroxylation is 1. The molecule has 7 heteroatoms. The number of ether oxygens (including phenoxy) is 1. The lowest BCUT2D eigenvalue weighted by Crippen LogP contribution is -2.44. The van der Waals surface area contributed by atoms with Crippen molar-refractivity contribution in [3.8, 4) is 0 Å². The number of nitrogens with zero attached hydrogens (tertiary/aromatic N) is 5. The molecule has 0 N–H and O–H groups in total. The molecule has 2 aliphatic rings. The average molecular weight is 341 g/mol. The Balaban J connectivity index is 1.56. The van der Waals surface area contributed by atoms with Gasteiger partial charge in [0, 0.05) is 30.9 Å². The van der Waals surface area contributed by atoms with Crippen molar-refractivity contribution in [1.29, 1.82) is 0 Å². The monoisotopic (exact) mass is 341 g/mol. The number of carbonyl (C=O) groups excluding carboxylic acids is 1. The molecular formula is C18H23N5O2. The summed E-state index contributed by atoms with van der Waals surface area (Å²) in [5, 5.41) is 12.1. The Morgan fingerprint density at radius 1 is 1.24 bits per heavy atom. The molecule has 1 fully saturated rings. The predicted molar refractivity (Wildman–Crippen MR) is 92.3 cm³/mol. The van der Waals surface area contributed by atoms with E-state index in [9.17, 15) is 4.79 Å². The van der Waals surface area contributed by atoms with Crippen LogP contribution in [0.4, 0.5) is 5.69 Å². The first-order valence-corrected chi connectivity index (χ1v) is 8.98. The number of hydrogen-bond donors (Lipinski definition) is 0. The van der Waals surface area contributed by atoms with Crippen molar-refractivity contribution in [2.24, 2.45) is 0 Å². The molecule has 4 rings (SSSR count). The zero-order chi connectivity index (χ0) is 17.2. The lowest BCUT2D eigenvalue weighted by atomic mass is 9.96. The highest BCUT2D eigenvalue weighted by Crippen LogP contribution is 2.31. The Morgan fingerprint density at radius 2 is 2.04 bits per heavy atom. The van der Waals surface area contributed by atoms with E-state index < -0.39 is 0 Å². The van der Waals surface area contributed by atoms with Gasteiger partial charge < -0.3 is 9.64 Å². The standard InChI is InChI=1S/C18H23N5O2/c1-13-6-7-14-4-2-3-5-16(14)23(13)17(24)12-22-18(19-20-21-22)15-8-10-25-11-9-15/h2-5,13,15H,6-12H2,1H3. The molecule has 0 bridgehead atoms. The van der Waals surface area contributed by atoms with Crippen molar-refractivity contribution in [3.05, 3.63) is 35.7 Å². The molecule has 2 aliphatic heterocycles. The van der Waals surface area contributed by atoms with Crippen LogP contribution in [0.3, 0.4) is 0 Å². The van der Waals surface area contributed by atoms with Gasteiger partial charge in [0.05, 0.1) is 0 Å². The summed E-state index contributed by atoms with van der Waals surface area (Å²) < 4.78 is 7.08. The second-order valence-electron chi connectivity index (χ2n) is 6.86. The van der Waals surface area contributed by atoms with E-state index in [-0.39, 0.29) is 24.4 Å². The van der Waals surface area contributed by atoms with Gasteiger partial charge in [0.25, 0.3) is 0 Å². The molecule has 7 nitrogen and oxygen atoms in total. The number of rotatable bonds is 3. The molecule has 1 aromatic carbocycles. The molecule has 0 saturated carbocycles. The number of amides is 1. The second kappa shape index (κ2) is 6.92. The van der Waals surface area contributed by atoms with E-state index in [1.807, 2.05) is 23.1 Å². The van der Waals surface area contributed by atoms with Crippen LogP contribution in [0.2, 0.25) is 0 Å². The third-order valence-corrected chi connectivity index (χ3v) is 5.22. The van der Waals surface area contributed by atoms with Gasteiger partial charge >= 0.3 is 0 Å². The Bertz CT molecular complexity index is 753. The minimum Gasteiger partial charge on any atom is -0.381 e. The predicted octanol–water partition coefficient (Wildman–Crippen LogP) is 1.93. The van der Waals surface area contributed by atoms with Crippen LogP contribution in [0.1, 0.15) is 43.5 Å². The second-order valence-corrected chi connectivity index (χ2v) is 6.86. The van der Waals surface area contributed by atoms with Gasteiger partial charge in [-0.2, -0.15) is 0 Å². The van der Waals surface area contributed by atoms with Crippen molar-refractivity contribution in [2.75, 3.05) is 18.1 Å². The fraction of sp³-hybridized carbons (Fsp3) is 0.556. The zero-order valence-corrected chi connectivity index (χ0v) is 14.5. The van der Waals surface area contributed by atoms with Crippen LogP contribution in [0.25, 0.3) is 0 Å². The van der Waals surface area contributed by atoms with Crippen molar-refractivity contribution in [2.45, 2.75) is 51.1 Å². The number of anilines is 1. The molecule has 0 radical (unpaired) electrons. The van der Waals surface area contributed by atoms with Crippen LogP contribution >= 0.6 is 0 Å². The van der Waals surface area contributed by atoms with Gasteiger partial charge in [-0.3, -0.25) is 4.79 Å². The number of hydrogen-bond acceptors (Lipinski definition) is 5. The van der Waals surface area contributed by atoms with E-state index in [1.54, 1.807) is 4.68 Å². The van der Waals surface area contributed by atoms with Gasteiger partial charge in [0.2, 0.25) is 5.91 Å². The summed E-state index contributed by atoms with van der Waals surface area (Å²) in [4.78, 5) is 15.0. The molecular weight excluding hydrogens is 318 g/mol. The quantitative estimate of drug-likeness (QED) is 0.853. The van der Waals surface area contributed by atoms with Gasteiger partial charge in [-0.15, -0.1) is 5.10 Å². The van der Waals surface area contributed by atoms with Gasteiger partial charge in [0.1, 0.15) is 6.54 Å². The normalized spacial score (nSPS) is 21.2. The largest absolute Gasteiger partial charge is 0.381 e. The molecule has 2 aromatic rings. The number of fused-ring (bicyclic) bond motifs is 1. The van der Waals surface area contributed by atoms with Gasteiger partial charge in [-0.25, -0.2) is 4.68 Å². The molecule has 0 aliphatic carbocycles. The zero-order valence-electron chi connectivity index (χ0n) is 14.5. The summed E-state index contributed by atoms with van der Waals surface area (Å²) in [6.45, 7) is 3.73. The molecule has 1 amide bonds. The fourth-order valence-electron chi connectivity index (χ4n) is 3.84. The number of benzene rings is 1. The Kier molecular flexibility index (Phi) is 4.48. The SMILES string of the molecule is CC1CCc2ccccc2N1C(=O)Cn1nnnc1C1CCOCC1. The number of para-hydroxylation sites is 1. The Morgan fingerprint density at radius 3 is 2.88 bits per heavy atom. The maximum Gasteiger partial charge on any atom is 0.249 e. The molecule has 1 atom stereocenters. The van der Waals surface area contributed by atoms with E-state index in [4.69, 9.17) is 4.74 Å². The number of carbonyl (C=O) groups is 1. The molecule has 1 unspecified atom stereocenters. The van der Waals surface area contributed by atoms with Crippen LogP contribution < -0.4 is 4.90 Å². The number of aromatic nitrogens is 4. The van der Waals surface area contributed by atoms with E-state index >= 15 is 0 Å². The first-order valence-electron chi connectivity index (χ1n) is 8.98. The molecule has 132 valence electrons. The maximum atomic E-state index is 13.1. The summed E-state index contributed by atoms with van der Waals surface area (Å²) in [7, 11) is 0. The molecule has 1 saturated heterocycles. The maximum absolute atomic E-state index is 13.1. The van der Waals surface area contributed by atoms with Crippen molar-refractivity contribution < 1.29 is 9.53 Å². The Hall–Kier alpha value is -2.28. The smallest absolute Gasteiger partial charge is 0.249 e. The lowest BCUT2D eigenvalue weighted by molar-refractivity contribution is -0.120. The minimum atomic E-state index is 0.0419. The minimum absolute atomic E-state index is 0.0419. The first-order chi connectivity index (χ1) is 12.2.